The topological polar surface area (TPSA) is 39.2 Å². The summed E-state index contributed by atoms with van der Waals surface area (Å²) in [5.74, 6) is -0.926. The minimum atomic E-state index is -0.468. The second kappa shape index (κ2) is 5.23. The van der Waals surface area contributed by atoms with Crippen molar-refractivity contribution in [3.63, 3.8) is 0 Å². The molecule has 0 N–H and O–H groups in total. The fraction of sp³-hybridized carbons (Fsp3) is 0.333. The Balaban J connectivity index is 2.72. The van der Waals surface area contributed by atoms with Gasteiger partial charge in [-0.25, -0.2) is 4.39 Å². The van der Waals surface area contributed by atoms with Gasteiger partial charge in [-0.1, -0.05) is 0 Å². The summed E-state index contributed by atoms with van der Waals surface area (Å²) in [6.45, 7) is 2.00. The van der Waals surface area contributed by atoms with Crippen molar-refractivity contribution in [2.45, 2.75) is 13.3 Å². The summed E-state index contributed by atoms with van der Waals surface area (Å²) in [5, 5.41) is 0. The molecule has 14 heavy (non-hydrogen) atoms. The second-order valence-corrected chi connectivity index (χ2v) is 3.81. The minimum absolute atomic E-state index is 0.114. The maximum absolute atomic E-state index is 13.2. The van der Waals surface area contributed by atoms with E-state index in [1.807, 2.05) is 22.6 Å². The quantitative estimate of drug-likeness (QED) is 0.633. The molecule has 1 heterocycles. The number of hydrogen-bond donors (Lipinski definition) is 0. The number of nitrogens with zero attached hydrogens (tertiary/aromatic N) is 1. The molecule has 0 saturated heterocycles. The van der Waals surface area contributed by atoms with Crippen LogP contribution in [0, 0.1) is 9.39 Å². The molecule has 0 unspecified atom stereocenters. The predicted molar refractivity (Wildman–Crippen MR) is 57.2 cm³/mol. The molecule has 0 saturated carbocycles. The summed E-state index contributed by atoms with van der Waals surface area (Å²) in [5.41, 5.74) is 0.129. The van der Waals surface area contributed by atoms with Crippen LogP contribution in [0.2, 0.25) is 0 Å². The standard InChI is InChI=1S/C9H9FINO2/c1-2-14-9(13)4-8-7(10)3-6(11)5-12-8/h3,5H,2,4H2,1H3. The second-order valence-electron chi connectivity index (χ2n) is 2.56. The highest BCUT2D eigenvalue weighted by molar-refractivity contribution is 14.1. The van der Waals surface area contributed by atoms with E-state index in [0.29, 0.717) is 10.2 Å². The molecule has 0 aliphatic carbocycles. The summed E-state index contributed by atoms with van der Waals surface area (Å²) < 4.78 is 18.6. The van der Waals surface area contributed by atoms with E-state index in [2.05, 4.69) is 9.72 Å². The van der Waals surface area contributed by atoms with Crippen LogP contribution >= 0.6 is 22.6 Å². The summed E-state index contributed by atoms with van der Waals surface area (Å²) in [4.78, 5) is 14.8. The zero-order chi connectivity index (χ0) is 10.6. The van der Waals surface area contributed by atoms with E-state index in [1.165, 1.54) is 12.3 Å². The molecule has 0 aliphatic heterocycles. The monoisotopic (exact) mass is 309 g/mol. The first kappa shape index (κ1) is 11.4. The summed E-state index contributed by atoms with van der Waals surface area (Å²) in [6.07, 6.45) is 1.40. The van der Waals surface area contributed by atoms with E-state index in [4.69, 9.17) is 0 Å². The van der Waals surface area contributed by atoms with Crippen molar-refractivity contribution in [1.82, 2.24) is 4.98 Å². The SMILES string of the molecule is CCOC(=O)Cc1ncc(I)cc1F. The Hall–Kier alpha value is -0.720. The van der Waals surface area contributed by atoms with Gasteiger partial charge in [-0.3, -0.25) is 9.78 Å². The lowest BCUT2D eigenvalue weighted by atomic mass is 10.2. The maximum atomic E-state index is 13.2. The lowest BCUT2D eigenvalue weighted by molar-refractivity contribution is -0.142. The number of aromatic nitrogens is 1. The molecule has 3 nitrogen and oxygen atoms in total. The molecule has 0 amide bonds. The Morgan fingerprint density at radius 3 is 3.00 bits per heavy atom. The van der Waals surface area contributed by atoms with E-state index < -0.39 is 11.8 Å². The third kappa shape index (κ3) is 3.21. The lowest BCUT2D eigenvalue weighted by Gasteiger charge is -2.02. The van der Waals surface area contributed by atoms with Crippen LogP contribution in [0.1, 0.15) is 12.6 Å². The Labute approximate surface area is 94.8 Å². The van der Waals surface area contributed by atoms with E-state index >= 15 is 0 Å². The fourth-order valence-corrected chi connectivity index (χ4v) is 1.33. The summed E-state index contributed by atoms with van der Waals surface area (Å²) >= 11 is 1.95. The molecule has 0 bridgehead atoms. The first-order chi connectivity index (χ1) is 6.63. The lowest BCUT2D eigenvalue weighted by Crippen LogP contribution is -2.10. The number of esters is 1. The molecule has 76 valence electrons. The van der Waals surface area contributed by atoms with Gasteiger partial charge in [-0.2, -0.15) is 0 Å². The molecule has 0 aliphatic rings. The van der Waals surface area contributed by atoms with E-state index in [1.54, 1.807) is 6.92 Å². The van der Waals surface area contributed by atoms with Crippen molar-refractivity contribution in [2.24, 2.45) is 0 Å². The van der Waals surface area contributed by atoms with Crippen LogP contribution in [0.5, 0.6) is 0 Å². The number of hydrogen-bond acceptors (Lipinski definition) is 3. The van der Waals surface area contributed by atoms with Gasteiger partial charge in [-0.05, 0) is 35.6 Å². The van der Waals surface area contributed by atoms with Crippen molar-refractivity contribution in [1.29, 1.82) is 0 Å². The number of rotatable bonds is 3. The summed E-state index contributed by atoms with van der Waals surface area (Å²) in [6, 6.07) is 1.34. The molecule has 5 heteroatoms. The fourth-order valence-electron chi connectivity index (χ4n) is 0.922. The van der Waals surface area contributed by atoms with E-state index in [-0.39, 0.29) is 12.1 Å². The van der Waals surface area contributed by atoms with Crippen LogP contribution in [0.15, 0.2) is 12.3 Å². The average Bonchev–Trinajstić information content (AvgIpc) is 2.10. The number of halogens is 2. The smallest absolute Gasteiger partial charge is 0.311 e. The summed E-state index contributed by atoms with van der Waals surface area (Å²) in [7, 11) is 0. The minimum Gasteiger partial charge on any atom is -0.466 e. The number of ether oxygens (including phenoxy) is 1. The van der Waals surface area contributed by atoms with Crippen LogP contribution < -0.4 is 0 Å². The van der Waals surface area contributed by atoms with Gasteiger partial charge in [0.15, 0.2) is 0 Å². The van der Waals surface area contributed by atoms with Crippen LogP contribution in [-0.4, -0.2) is 17.6 Å². The van der Waals surface area contributed by atoms with Gasteiger partial charge in [0.05, 0.1) is 18.7 Å². The average molecular weight is 309 g/mol. The Morgan fingerprint density at radius 2 is 2.43 bits per heavy atom. The largest absolute Gasteiger partial charge is 0.466 e. The number of carbonyl (C=O) groups is 1. The molecular formula is C9H9FINO2. The van der Waals surface area contributed by atoms with Crippen LogP contribution in [0.3, 0.4) is 0 Å². The van der Waals surface area contributed by atoms with Crippen LogP contribution in [0.25, 0.3) is 0 Å². The molecule has 1 rings (SSSR count). The molecule has 0 radical (unpaired) electrons. The van der Waals surface area contributed by atoms with Gasteiger partial charge in [-0.15, -0.1) is 0 Å². The highest BCUT2D eigenvalue weighted by Gasteiger charge is 2.10. The van der Waals surface area contributed by atoms with Gasteiger partial charge in [0, 0.05) is 9.77 Å². The van der Waals surface area contributed by atoms with Gasteiger partial charge in [0.1, 0.15) is 5.82 Å². The van der Waals surface area contributed by atoms with Gasteiger partial charge in [0.25, 0.3) is 0 Å². The predicted octanol–water partition coefficient (Wildman–Crippen LogP) is 1.93. The zero-order valence-electron chi connectivity index (χ0n) is 7.59. The molecular weight excluding hydrogens is 300 g/mol. The number of carbonyl (C=O) groups excluding carboxylic acids is 1. The number of pyridine rings is 1. The molecule has 0 fully saturated rings. The molecule has 0 atom stereocenters. The molecule has 1 aromatic rings. The van der Waals surface area contributed by atoms with Crippen molar-refractivity contribution in [3.05, 3.63) is 27.3 Å². The van der Waals surface area contributed by atoms with E-state index in [9.17, 15) is 9.18 Å². The Kier molecular flexibility index (Phi) is 4.24. The van der Waals surface area contributed by atoms with Crippen molar-refractivity contribution in [3.8, 4) is 0 Å². The Morgan fingerprint density at radius 1 is 1.71 bits per heavy atom. The molecule has 0 spiro atoms. The van der Waals surface area contributed by atoms with Crippen LogP contribution in [0.4, 0.5) is 4.39 Å². The highest BCUT2D eigenvalue weighted by Crippen LogP contribution is 2.09. The van der Waals surface area contributed by atoms with Gasteiger partial charge >= 0.3 is 5.97 Å². The first-order valence-corrected chi connectivity index (χ1v) is 5.17. The van der Waals surface area contributed by atoms with Gasteiger partial charge < -0.3 is 4.74 Å². The Bertz CT molecular complexity index is 344. The first-order valence-electron chi connectivity index (χ1n) is 4.09. The van der Waals surface area contributed by atoms with Gasteiger partial charge in [0.2, 0.25) is 0 Å². The van der Waals surface area contributed by atoms with Crippen LogP contribution in [-0.2, 0) is 16.0 Å². The highest BCUT2D eigenvalue weighted by atomic mass is 127. The third-order valence-electron chi connectivity index (χ3n) is 1.50. The van der Waals surface area contributed by atoms with Crippen molar-refractivity contribution < 1.29 is 13.9 Å². The van der Waals surface area contributed by atoms with Crippen molar-refractivity contribution >= 4 is 28.6 Å². The zero-order valence-corrected chi connectivity index (χ0v) is 9.75. The maximum Gasteiger partial charge on any atom is 0.311 e. The van der Waals surface area contributed by atoms with E-state index in [0.717, 1.165) is 0 Å². The molecule has 1 aromatic heterocycles. The third-order valence-corrected chi connectivity index (χ3v) is 2.09. The normalized spacial score (nSPS) is 9.93. The van der Waals surface area contributed by atoms with Crippen molar-refractivity contribution in [2.75, 3.05) is 6.61 Å². The molecule has 0 aromatic carbocycles.